The zero-order valence-electron chi connectivity index (χ0n) is 28.7. The van der Waals surface area contributed by atoms with Crippen molar-refractivity contribution in [2.24, 2.45) is 0 Å². The molecule has 0 spiro atoms. The number of nitrogens with zero attached hydrogens (tertiary/aromatic N) is 2. The lowest BCUT2D eigenvalue weighted by molar-refractivity contribution is 0.617. The molecule has 2 aromatic heterocycles. The first kappa shape index (κ1) is 30.6. The number of aromatic nitrogens is 1. The van der Waals surface area contributed by atoms with E-state index in [4.69, 9.17) is 13.8 Å². The first-order valence-corrected chi connectivity index (χ1v) is 17.8. The number of fused-ring (bicyclic) bond motifs is 4. The van der Waals surface area contributed by atoms with Crippen molar-refractivity contribution in [1.82, 2.24) is 4.98 Å². The van der Waals surface area contributed by atoms with E-state index in [1.807, 2.05) is 42.5 Å². The topological polar surface area (TPSA) is 42.4 Å². The molecule has 250 valence electrons. The number of furan rings is 1. The summed E-state index contributed by atoms with van der Waals surface area (Å²) in [6.45, 7) is 0. The zero-order chi connectivity index (χ0) is 35.1. The molecule has 0 atom stereocenters. The van der Waals surface area contributed by atoms with E-state index in [-0.39, 0.29) is 0 Å². The minimum absolute atomic E-state index is 0.599. The molecule has 4 heteroatoms. The highest BCUT2D eigenvalue weighted by Gasteiger charge is 2.20. The molecule has 0 saturated carbocycles. The van der Waals surface area contributed by atoms with Gasteiger partial charge in [0.25, 0.3) is 0 Å². The average Bonchev–Trinajstić information content (AvgIpc) is 3.82. The lowest BCUT2D eigenvalue weighted by atomic mass is 9.96. The number of hydrogen-bond donors (Lipinski definition) is 0. The van der Waals surface area contributed by atoms with Crippen LogP contribution < -0.4 is 4.90 Å². The molecule has 2 heterocycles. The maximum absolute atomic E-state index is 6.42. The number of benzene rings is 8. The van der Waals surface area contributed by atoms with Crippen molar-refractivity contribution >= 4 is 50.1 Å². The van der Waals surface area contributed by atoms with Crippen molar-refractivity contribution in [3.05, 3.63) is 194 Å². The van der Waals surface area contributed by atoms with Gasteiger partial charge in [0.15, 0.2) is 5.58 Å². The van der Waals surface area contributed by atoms with Crippen LogP contribution in [0.1, 0.15) is 0 Å². The smallest absolute Gasteiger partial charge is 0.227 e. The SMILES string of the molecule is c1ccc(-c2ccc(N(c3ccccc3)c3ccc(-c4cccc5oc6cc7oc(-c8ccccc8)nc7cc6c45)cc3)c(-c3ccccc3)c2)cc1. The van der Waals surface area contributed by atoms with Gasteiger partial charge in [-0.25, -0.2) is 4.98 Å². The molecule has 0 bridgehead atoms. The van der Waals surface area contributed by atoms with Gasteiger partial charge in [0.1, 0.15) is 16.7 Å². The molecule has 0 unspecified atom stereocenters. The van der Waals surface area contributed by atoms with E-state index in [0.717, 1.165) is 72.3 Å². The third kappa shape index (κ3) is 5.54. The van der Waals surface area contributed by atoms with Crippen molar-refractivity contribution in [2.75, 3.05) is 4.90 Å². The Kier molecular flexibility index (Phi) is 7.43. The van der Waals surface area contributed by atoms with Crippen molar-refractivity contribution in [3.63, 3.8) is 0 Å². The summed E-state index contributed by atoms with van der Waals surface area (Å²) in [7, 11) is 0. The molecule has 0 saturated heterocycles. The van der Waals surface area contributed by atoms with E-state index in [1.165, 1.54) is 11.1 Å². The lowest BCUT2D eigenvalue weighted by Crippen LogP contribution is -2.11. The molecule has 0 N–H and O–H groups in total. The van der Waals surface area contributed by atoms with Gasteiger partial charge in [0, 0.05) is 39.3 Å². The van der Waals surface area contributed by atoms with Gasteiger partial charge in [-0.05, 0) is 88.5 Å². The fourth-order valence-electron chi connectivity index (χ4n) is 7.38. The van der Waals surface area contributed by atoms with Gasteiger partial charge in [-0.3, -0.25) is 0 Å². The summed E-state index contributed by atoms with van der Waals surface area (Å²) in [5.74, 6) is 0.599. The van der Waals surface area contributed by atoms with E-state index in [1.54, 1.807) is 0 Å². The Labute approximate surface area is 306 Å². The van der Waals surface area contributed by atoms with Crippen molar-refractivity contribution < 1.29 is 8.83 Å². The maximum atomic E-state index is 6.42. The molecule has 0 fully saturated rings. The van der Waals surface area contributed by atoms with Crippen LogP contribution in [0.5, 0.6) is 0 Å². The van der Waals surface area contributed by atoms with Crippen LogP contribution in [0.25, 0.3) is 77.9 Å². The molecule has 0 aliphatic carbocycles. The Morgan fingerprint density at radius 1 is 0.377 bits per heavy atom. The molecule has 10 aromatic rings. The second kappa shape index (κ2) is 12.9. The Balaban J connectivity index is 1.09. The third-order valence-corrected chi connectivity index (χ3v) is 9.91. The number of hydrogen-bond acceptors (Lipinski definition) is 4. The van der Waals surface area contributed by atoms with E-state index in [2.05, 4.69) is 157 Å². The molecular formula is C49H32N2O2. The second-order valence-electron chi connectivity index (χ2n) is 13.2. The van der Waals surface area contributed by atoms with Crippen molar-refractivity contribution in [1.29, 1.82) is 0 Å². The van der Waals surface area contributed by atoms with Crippen LogP contribution in [-0.4, -0.2) is 4.98 Å². The summed E-state index contributed by atoms with van der Waals surface area (Å²) in [5, 5.41) is 2.07. The third-order valence-electron chi connectivity index (χ3n) is 9.91. The van der Waals surface area contributed by atoms with Crippen LogP contribution in [0.3, 0.4) is 0 Å². The predicted molar refractivity (Wildman–Crippen MR) is 218 cm³/mol. The fourth-order valence-corrected chi connectivity index (χ4v) is 7.38. The van der Waals surface area contributed by atoms with Crippen molar-refractivity contribution in [2.45, 2.75) is 0 Å². The summed E-state index contributed by atoms with van der Waals surface area (Å²) >= 11 is 0. The quantitative estimate of drug-likeness (QED) is 0.168. The van der Waals surface area contributed by atoms with Crippen LogP contribution in [-0.2, 0) is 0 Å². The summed E-state index contributed by atoms with van der Waals surface area (Å²) in [4.78, 5) is 7.20. The van der Waals surface area contributed by atoms with Gasteiger partial charge < -0.3 is 13.7 Å². The van der Waals surface area contributed by atoms with Gasteiger partial charge in [-0.15, -0.1) is 0 Å². The van der Waals surface area contributed by atoms with E-state index < -0.39 is 0 Å². The molecule has 4 nitrogen and oxygen atoms in total. The van der Waals surface area contributed by atoms with E-state index >= 15 is 0 Å². The molecule has 0 amide bonds. The first-order valence-electron chi connectivity index (χ1n) is 17.8. The molecule has 53 heavy (non-hydrogen) atoms. The highest BCUT2D eigenvalue weighted by atomic mass is 16.4. The zero-order valence-corrected chi connectivity index (χ0v) is 28.7. The Bertz CT molecular complexity index is 2860. The van der Waals surface area contributed by atoms with Crippen molar-refractivity contribution in [3.8, 4) is 44.8 Å². The van der Waals surface area contributed by atoms with Crippen LogP contribution in [0, 0.1) is 0 Å². The van der Waals surface area contributed by atoms with Crippen LogP contribution in [0.4, 0.5) is 17.1 Å². The summed E-state index contributed by atoms with van der Waals surface area (Å²) < 4.78 is 12.6. The lowest BCUT2D eigenvalue weighted by Gasteiger charge is -2.28. The van der Waals surface area contributed by atoms with Crippen LogP contribution >= 0.6 is 0 Å². The van der Waals surface area contributed by atoms with Crippen LogP contribution in [0.15, 0.2) is 203 Å². The highest BCUT2D eigenvalue weighted by Crippen LogP contribution is 2.44. The number of para-hydroxylation sites is 1. The second-order valence-corrected chi connectivity index (χ2v) is 13.2. The van der Waals surface area contributed by atoms with Gasteiger partial charge >= 0.3 is 0 Å². The maximum Gasteiger partial charge on any atom is 0.227 e. The Morgan fingerprint density at radius 3 is 1.70 bits per heavy atom. The summed E-state index contributed by atoms with van der Waals surface area (Å²) in [5.41, 5.74) is 14.2. The molecule has 0 aliphatic rings. The highest BCUT2D eigenvalue weighted by molar-refractivity contribution is 6.15. The van der Waals surface area contributed by atoms with E-state index in [0.29, 0.717) is 11.5 Å². The molecule has 10 rings (SSSR count). The largest absolute Gasteiger partial charge is 0.456 e. The van der Waals surface area contributed by atoms with Gasteiger partial charge in [0.05, 0.1) is 5.69 Å². The summed E-state index contributed by atoms with van der Waals surface area (Å²) in [6, 6.07) is 67.7. The van der Waals surface area contributed by atoms with Gasteiger partial charge in [-0.1, -0.05) is 127 Å². The number of anilines is 3. The van der Waals surface area contributed by atoms with Crippen LogP contribution in [0.2, 0.25) is 0 Å². The fraction of sp³-hybridized carbons (Fsp3) is 0. The standard InChI is InChI=1S/C49H32N2O2/c1-5-14-33(15-6-1)37-26-29-44(41(30-37)34-16-7-2-8-17-34)51(38-20-11-4-12-21-38)39-27-24-35(25-28-39)40-22-13-23-45-48(40)42-31-43-47(32-46(42)52-45)53-49(50-43)36-18-9-3-10-19-36/h1-32H. The predicted octanol–water partition coefficient (Wildman–Crippen LogP) is 13.9. The molecular weight excluding hydrogens is 649 g/mol. The average molecular weight is 681 g/mol. The Hall–Kier alpha value is -7.17. The minimum Gasteiger partial charge on any atom is -0.456 e. The summed E-state index contributed by atoms with van der Waals surface area (Å²) in [6.07, 6.45) is 0. The normalized spacial score (nSPS) is 11.4. The number of oxazole rings is 1. The number of rotatable bonds is 7. The Morgan fingerprint density at radius 2 is 0.981 bits per heavy atom. The first-order chi connectivity index (χ1) is 26.3. The monoisotopic (exact) mass is 680 g/mol. The van der Waals surface area contributed by atoms with E-state index in [9.17, 15) is 0 Å². The molecule has 8 aromatic carbocycles. The molecule has 0 radical (unpaired) electrons. The van der Waals surface area contributed by atoms with Gasteiger partial charge in [-0.2, -0.15) is 0 Å². The minimum atomic E-state index is 0.599. The van der Waals surface area contributed by atoms with Gasteiger partial charge in [0.2, 0.25) is 5.89 Å². The molecule has 0 aliphatic heterocycles.